The van der Waals surface area contributed by atoms with E-state index in [0.717, 1.165) is 48.6 Å². The average Bonchev–Trinajstić information content (AvgIpc) is 3.30. The van der Waals surface area contributed by atoms with Crippen molar-refractivity contribution >= 4 is 34.1 Å². The number of halogens is 1. The number of aryl methyl sites for hydroxylation is 1. The van der Waals surface area contributed by atoms with Gasteiger partial charge in [0.2, 0.25) is 5.13 Å². The number of hydrogen-bond donors (Lipinski definition) is 2. The second kappa shape index (κ2) is 9.48. The highest BCUT2D eigenvalue weighted by Crippen LogP contribution is 2.54. The van der Waals surface area contributed by atoms with Gasteiger partial charge in [-0.25, -0.2) is 4.39 Å². The molecule has 0 unspecified atom stereocenters. The van der Waals surface area contributed by atoms with Gasteiger partial charge in [-0.15, -0.1) is 10.2 Å². The molecule has 1 aromatic carbocycles. The van der Waals surface area contributed by atoms with Crippen molar-refractivity contribution in [3.63, 3.8) is 0 Å². The van der Waals surface area contributed by atoms with Crippen molar-refractivity contribution in [2.45, 2.75) is 55.4 Å². The van der Waals surface area contributed by atoms with Crippen LogP contribution in [0.1, 0.15) is 54.6 Å². The topological polar surface area (TPSA) is 97.2 Å². The number of ether oxygens (including phenoxy) is 1. The van der Waals surface area contributed by atoms with E-state index in [-0.39, 0.29) is 16.5 Å². The second-order valence-electron chi connectivity index (χ2n) is 9.53. The zero-order chi connectivity index (χ0) is 24.6. The Kier molecular flexibility index (Phi) is 6.54. The monoisotopic (exact) mass is 514 g/mol. The number of methoxy groups -OCH3 is 1. The molecule has 35 heavy (non-hydrogen) atoms. The minimum Gasteiger partial charge on any atom is -0.496 e. The Balaban J connectivity index is 1.31. The van der Waals surface area contributed by atoms with E-state index < -0.39 is 17.3 Å². The minimum absolute atomic E-state index is 0.213. The van der Waals surface area contributed by atoms with Crippen molar-refractivity contribution in [2.75, 3.05) is 18.2 Å². The van der Waals surface area contributed by atoms with Crippen LogP contribution in [0.2, 0.25) is 0 Å². The van der Waals surface area contributed by atoms with Crippen LogP contribution in [-0.2, 0) is 0 Å². The molecule has 3 saturated carbocycles. The maximum atomic E-state index is 14.8. The summed E-state index contributed by atoms with van der Waals surface area (Å²) in [5.41, 5.74) is 1.30. The molecule has 0 aliphatic heterocycles. The van der Waals surface area contributed by atoms with E-state index >= 15 is 0 Å². The molecule has 1 amide bonds. The predicted octanol–water partition coefficient (Wildman–Crippen LogP) is 5.49. The second-order valence-corrected chi connectivity index (χ2v) is 11.7. The molecular formula is C25H27FN4O3S2. The van der Waals surface area contributed by atoms with Crippen molar-refractivity contribution in [1.29, 1.82) is 0 Å². The van der Waals surface area contributed by atoms with Gasteiger partial charge in [0.25, 0.3) is 5.91 Å². The lowest BCUT2D eigenvalue weighted by molar-refractivity contribution is -0.0837. The number of fused-ring (bicyclic) bond motifs is 3. The van der Waals surface area contributed by atoms with Gasteiger partial charge in [0.15, 0.2) is 4.34 Å². The van der Waals surface area contributed by atoms with Gasteiger partial charge in [-0.1, -0.05) is 29.2 Å². The van der Waals surface area contributed by atoms with Crippen molar-refractivity contribution in [1.82, 2.24) is 15.2 Å². The third-order valence-electron chi connectivity index (χ3n) is 7.24. The SMILES string of the molecule is COc1cccc(F)c1-c1cc(C)ncc1C(=O)Nc1nnc(SCC23CCC(O)(CC2)CC3)s1. The van der Waals surface area contributed by atoms with Crippen LogP contribution >= 0.6 is 23.1 Å². The molecule has 2 aromatic heterocycles. The molecule has 0 radical (unpaired) electrons. The first-order chi connectivity index (χ1) is 16.8. The van der Waals surface area contributed by atoms with Crippen LogP contribution in [-0.4, -0.2) is 44.7 Å². The molecule has 3 aliphatic rings. The molecule has 0 atom stereocenters. The first-order valence-electron chi connectivity index (χ1n) is 11.6. The number of thioether (sulfide) groups is 1. The fraction of sp³-hybridized carbons (Fsp3) is 0.440. The number of benzene rings is 1. The number of nitrogens with zero attached hydrogens (tertiary/aromatic N) is 3. The van der Waals surface area contributed by atoms with Crippen molar-refractivity contribution in [2.24, 2.45) is 5.41 Å². The van der Waals surface area contributed by atoms with E-state index in [1.165, 1.54) is 30.7 Å². The molecule has 0 saturated heterocycles. The number of carbonyl (C=O) groups is 1. The predicted molar refractivity (Wildman–Crippen MR) is 135 cm³/mol. The van der Waals surface area contributed by atoms with E-state index in [1.807, 2.05) is 0 Å². The maximum Gasteiger partial charge on any atom is 0.259 e. The summed E-state index contributed by atoms with van der Waals surface area (Å²) in [5.74, 6) is 0.345. The molecule has 6 rings (SSSR count). The molecular weight excluding hydrogens is 487 g/mol. The first-order valence-corrected chi connectivity index (χ1v) is 13.4. The Hall–Kier alpha value is -2.56. The van der Waals surface area contributed by atoms with Crippen LogP contribution in [0.25, 0.3) is 11.1 Å². The number of anilines is 1. The Morgan fingerprint density at radius 3 is 2.69 bits per heavy atom. The van der Waals surface area contributed by atoms with Crippen LogP contribution in [0.15, 0.2) is 34.8 Å². The summed E-state index contributed by atoms with van der Waals surface area (Å²) in [5, 5.41) is 22.0. The lowest BCUT2D eigenvalue weighted by Gasteiger charge is -2.50. The first kappa shape index (κ1) is 24.1. The van der Waals surface area contributed by atoms with Gasteiger partial charge in [-0.3, -0.25) is 15.1 Å². The summed E-state index contributed by atoms with van der Waals surface area (Å²) >= 11 is 2.98. The smallest absolute Gasteiger partial charge is 0.259 e. The number of hydrogen-bond acceptors (Lipinski definition) is 8. The third-order valence-corrected chi connectivity index (χ3v) is 9.56. The number of aromatic nitrogens is 3. The summed E-state index contributed by atoms with van der Waals surface area (Å²) in [7, 11) is 1.47. The van der Waals surface area contributed by atoms with E-state index in [9.17, 15) is 14.3 Å². The number of rotatable bonds is 7. The maximum absolute atomic E-state index is 14.8. The average molecular weight is 515 g/mol. The number of pyridine rings is 1. The largest absolute Gasteiger partial charge is 0.496 e. The van der Waals surface area contributed by atoms with Crippen molar-refractivity contribution < 1.29 is 19.0 Å². The van der Waals surface area contributed by atoms with Gasteiger partial charge < -0.3 is 9.84 Å². The Morgan fingerprint density at radius 2 is 1.97 bits per heavy atom. The van der Waals surface area contributed by atoms with Gasteiger partial charge in [-0.2, -0.15) is 0 Å². The van der Waals surface area contributed by atoms with Crippen molar-refractivity contribution in [3.8, 4) is 16.9 Å². The van der Waals surface area contributed by atoms with Gasteiger partial charge in [0.1, 0.15) is 11.6 Å². The van der Waals surface area contributed by atoms with Gasteiger partial charge in [0.05, 0.1) is 23.8 Å². The van der Waals surface area contributed by atoms with E-state index in [4.69, 9.17) is 4.74 Å². The highest BCUT2D eigenvalue weighted by molar-refractivity contribution is 8.01. The van der Waals surface area contributed by atoms with E-state index in [2.05, 4.69) is 20.5 Å². The minimum atomic E-state index is -0.484. The molecule has 3 fully saturated rings. The highest BCUT2D eigenvalue weighted by Gasteiger charge is 2.47. The molecule has 184 valence electrons. The standard InChI is InChI=1S/C25H27FN4O3S2/c1-15-12-16(20-18(26)4-3-5-19(20)33-2)17(13-27-15)21(31)28-22-29-30-23(35-22)34-14-24-6-9-25(32,10-7-24)11-8-24/h3-5,12-13,32H,6-11,14H2,1-2H3,(H,28,29,31). The Labute approximate surface area is 211 Å². The molecule has 3 aliphatic carbocycles. The lowest BCUT2D eigenvalue weighted by atomic mass is 9.59. The number of nitrogens with one attached hydrogen (secondary N) is 1. The van der Waals surface area contributed by atoms with Crippen LogP contribution in [0.3, 0.4) is 0 Å². The molecule has 2 N–H and O–H groups in total. The third kappa shape index (κ3) is 4.92. The molecule has 2 bridgehead atoms. The summed E-state index contributed by atoms with van der Waals surface area (Å²) in [6.07, 6.45) is 7.21. The fourth-order valence-corrected chi connectivity index (χ4v) is 7.12. The lowest BCUT2D eigenvalue weighted by Crippen LogP contribution is -2.46. The molecule has 2 heterocycles. The Morgan fingerprint density at radius 1 is 1.23 bits per heavy atom. The van der Waals surface area contributed by atoms with Crippen LogP contribution in [0, 0.1) is 18.2 Å². The summed E-state index contributed by atoms with van der Waals surface area (Å²) in [6.45, 7) is 1.78. The van der Waals surface area contributed by atoms with E-state index in [0.29, 0.717) is 22.1 Å². The summed E-state index contributed by atoms with van der Waals surface area (Å²) in [4.78, 5) is 17.4. The van der Waals surface area contributed by atoms with Crippen LogP contribution < -0.4 is 10.1 Å². The fourth-order valence-electron chi connectivity index (χ4n) is 5.04. The number of amides is 1. The van der Waals surface area contributed by atoms with Crippen molar-refractivity contribution in [3.05, 3.63) is 47.5 Å². The van der Waals surface area contributed by atoms with Crippen LogP contribution in [0.5, 0.6) is 5.75 Å². The molecule has 3 aromatic rings. The van der Waals surface area contributed by atoms with E-state index in [1.54, 1.807) is 36.9 Å². The number of carbonyl (C=O) groups excluding carboxylic acids is 1. The zero-order valence-electron chi connectivity index (χ0n) is 19.6. The van der Waals surface area contributed by atoms with Gasteiger partial charge in [0, 0.05) is 23.2 Å². The molecule has 7 nitrogen and oxygen atoms in total. The van der Waals surface area contributed by atoms with Gasteiger partial charge in [-0.05, 0) is 69.1 Å². The normalized spacial score (nSPS) is 23.3. The number of aliphatic hydroxyl groups is 1. The molecule has 10 heteroatoms. The zero-order valence-corrected chi connectivity index (χ0v) is 21.3. The summed E-state index contributed by atoms with van der Waals surface area (Å²) < 4.78 is 20.9. The van der Waals surface area contributed by atoms with Gasteiger partial charge >= 0.3 is 0 Å². The molecule has 0 spiro atoms. The summed E-state index contributed by atoms with van der Waals surface area (Å²) in [6, 6.07) is 6.23. The highest BCUT2D eigenvalue weighted by atomic mass is 32.2. The quantitative estimate of drug-likeness (QED) is 0.318. The van der Waals surface area contributed by atoms with Crippen LogP contribution in [0.4, 0.5) is 9.52 Å². The Bertz CT molecular complexity index is 1240.